The van der Waals surface area contributed by atoms with Crippen LogP contribution in [0.25, 0.3) is 0 Å². The number of sulfone groups is 1. The van der Waals surface area contributed by atoms with E-state index in [0.29, 0.717) is 30.2 Å². The summed E-state index contributed by atoms with van der Waals surface area (Å²) >= 11 is 0. The maximum absolute atomic E-state index is 13.7. The number of nitrogens with one attached hydrogen (secondary N) is 1. The first-order valence-corrected chi connectivity index (χ1v) is 13.8. The molecule has 0 bridgehead atoms. The van der Waals surface area contributed by atoms with E-state index in [9.17, 15) is 26.4 Å². The quantitative estimate of drug-likeness (QED) is 0.446. The van der Waals surface area contributed by atoms with Crippen molar-refractivity contribution >= 4 is 15.7 Å². The van der Waals surface area contributed by atoms with Gasteiger partial charge in [-0.3, -0.25) is 9.78 Å². The third kappa shape index (κ3) is 5.60. The Labute approximate surface area is 219 Å². The molecule has 1 aliphatic rings. The summed E-state index contributed by atoms with van der Waals surface area (Å²) in [5.74, 6) is -0.187. The molecule has 1 unspecified atom stereocenters. The molecule has 1 N–H and O–H groups in total. The van der Waals surface area contributed by atoms with Gasteiger partial charge in [0.2, 0.25) is 0 Å². The average molecular weight is 551 g/mol. The van der Waals surface area contributed by atoms with Crippen LogP contribution in [-0.2, 0) is 39.4 Å². The number of pyridine rings is 1. The molecule has 12 heteroatoms. The van der Waals surface area contributed by atoms with Crippen LogP contribution in [0.4, 0.5) is 13.2 Å². The molecular weight excluding hydrogens is 521 g/mol. The van der Waals surface area contributed by atoms with Crippen LogP contribution in [0.15, 0.2) is 47.5 Å². The minimum absolute atomic E-state index is 0.0115. The zero-order chi connectivity index (χ0) is 27.7. The first-order chi connectivity index (χ1) is 17.9. The van der Waals surface area contributed by atoms with Gasteiger partial charge in [0, 0.05) is 25.0 Å². The van der Waals surface area contributed by atoms with E-state index in [-0.39, 0.29) is 35.0 Å². The van der Waals surface area contributed by atoms with Crippen LogP contribution < -0.4 is 5.32 Å². The van der Waals surface area contributed by atoms with Crippen LogP contribution in [-0.4, -0.2) is 41.2 Å². The number of carbonyl (C=O) groups excluding carboxylic acids is 1. The van der Waals surface area contributed by atoms with Gasteiger partial charge >= 0.3 is 6.18 Å². The van der Waals surface area contributed by atoms with Gasteiger partial charge in [-0.15, -0.1) is 0 Å². The Morgan fingerprint density at radius 1 is 1.21 bits per heavy atom. The highest BCUT2D eigenvalue weighted by atomic mass is 32.2. The molecule has 0 radical (unpaired) electrons. The molecule has 1 saturated heterocycles. The van der Waals surface area contributed by atoms with Crippen LogP contribution in [0.1, 0.15) is 65.5 Å². The highest BCUT2D eigenvalue weighted by Crippen LogP contribution is 2.38. The van der Waals surface area contributed by atoms with Crippen LogP contribution in [0.3, 0.4) is 0 Å². The third-order valence-electron chi connectivity index (χ3n) is 6.75. The molecule has 3 heterocycles. The van der Waals surface area contributed by atoms with Gasteiger partial charge in [0.15, 0.2) is 9.84 Å². The van der Waals surface area contributed by atoms with E-state index in [1.807, 2.05) is 6.92 Å². The molecule has 1 fully saturated rings. The number of carbonyl (C=O) groups is 1. The summed E-state index contributed by atoms with van der Waals surface area (Å²) in [6.07, 6.45) is -1.91. The average Bonchev–Trinajstić information content (AvgIpc) is 3.47. The molecular formula is C26H29F3N4O4S. The molecule has 38 heavy (non-hydrogen) atoms. The van der Waals surface area contributed by atoms with Gasteiger partial charge in [0.25, 0.3) is 5.91 Å². The predicted octanol–water partition coefficient (Wildman–Crippen LogP) is 4.40. The van der Waals surface area contributed by atoms with Gasteiger partial charge in [-0.2, -0.15) is 13.2 Å². The lowest BCUT2D eigenvalue weighted by Crippen LogP contribution is -2.27. The maximum atomic E-state index is 13.7. The van der Waals surface area contributed by atoms with Crippen molar-refractivity contribution < 1.29 is 31.1 Å². The highest BCUT2D eigenvalue weighted by Gasteiger charge is 2.39. The Morgan fingerprint density at radius 2 is 1.95 bits per heavy atom. The van der Waals surface area contributed by atoms with Crippen LogP contribution in [0.5, 0.6) is 0 Å². The molecule has 204 valence electrons. The fraction of sp³-hybridized carbons (Fsp3) is 0.423. The molecule has 0 saturated carbocycles. The molecule has 1 amide bonds. The lowest BCUT2D eigenvalue weighted by Gasteiger charge is -2.25. The van der Waals surface area contributed by atoms with E-state index in [0.717, 1.165) is 12.5 Å². The summed E-state index contributed by atoms with van der Waals surface area (Å²) in [6.45, 7) is 5.37. The second-order valence-corrected chi connectivity index (χ2v) is 11.6. The Morgan fingerprint density at radius 3 is 2.55 bits per heavy atom. The van der Waals surface area contributed by atoms with Crippen molar-refractivity contribution in [3.8, 4) is 0 Å². The molecule has 1 aromatic carbocycles. The lowest BCUT2D eigenvalue weighted by atomic mass is 10.0. The number of rotatable bonds is 8. The summed E-state index contributed by atoms with van der Waals surface area (Å²) in [5.41, 5.74) is -0.617. The summed E-state index contributed by atoms with van der Waals surface area (Å²) in [4.78, 5) is 21.9. The van der Waals surface area contributed by atoms with Gasteiger partial charge in [0.05, 0.1) is 28.5 Å². The molecule has 1 aliphatic heterocycles. The Kier molecular flexibility index (Phi) is 7.67. The molecule has 0 spiro atoms. The molecule has 4 rings (SSSR count). The van der Waals surface area contributed by atoms with Crippen molar-refractivity contribution in [2.45, 2.75) is 63.4 Å². The lowest BCUT2D eigenvalue weighted by molar-refractivity contribution is -0.138. The van der Waals surface area contributed by atoms with Crippen molar-refractivity contribution in [2.24, 2.45) is 0 Å². The number of nitrogens with zero attached hydrogens (tertiary/aromatic N) is 3. The Bertz CT molecular complexity index is 1430. The Balaban J connectivity index is 1.63. The third-order valence-corrected chi connectivity index (χ3v) is 8.47. The molecule has 8 nitrogen and oxygen atoms in total. The standard InChI is InChI=1S/C26H29F3N4O4S/c1-4-38(35,36)20-11-10-19(30-15-20)14-31-23(34)22-17(2)33(24(32-22)25(3)12-7-13-37-25)16-18-8-5-6-9-21(18)26(27,28)29/h5-6,8-11,15H,4,7,12-14,16H2,1-3H3,(H,31,34). The second kappa shape index (κ2) is 10.5. The van der Waals surface area contributed by atoms with Gasteiger partial charge in [-0.25, -0.2) is 13.4 Å². The predicted molar refractivity (Wildman–Crippen MR) is 133 cm³/mol. The Hall–Kier alpha value is -3.25. The normalized spacial score (nSPS) is 18.1. The van der Waals surface area contributed by atoms with Gasteiger partial charge in [0.1, 0.15) is 17.1 Å². The van der Waals surface area contributed by atoms with Gasteiger partial charge in [-0.05, 0) is 50.5 Å². The van der Waals surface area contributed by atoms with E-state index in [1.165, 1.54) is 37.4 Å². The molecule has 3 aromatic rings. The number of hydrogen-bond donors (Lipinski definition) is 1. The van der Waals surface area contributed by atoms with E-state index in [2.05, 4.69) is 15.3 Å². The van der Waals surface area contributed by atoms with Crippen molar-refractivity contribution in [3.63, 3.8) is 0 Å². The van der Waals surface area contributed by atoms with Crippen LogP contribution >= 0.6 is 0 Å². The number of benzene rings is 1. The minimum Gasteiger partial charge on any atom is -0.367 e. The largest absolute Gasteiger partial charge is 0.416 e. The second-order valence-electron chi connectivity index (χ2n) is 9.36. The monoisotopic (exact) mass is 550 g/mol. The van der Waals surface area contributed by atoms with Crippen molar-refractivity contribution in [1.29, 1.82) is 0 Å². The zero-order valence-electron chi connectivity index (χ0n) is 21.3. The molecule has 0 aliphatic carbocycles. The first kappa shape index (κ1) is 27.8. The zero-order valence-corrected chi connectivity index (χ0v) is 22.1. The summed E-state index contributed by atoms with van der Waals surface area (Å²) in [7, 11) is -3.39. The SMILES string of the molecule is CCS(=O)(=O)c1ccc(CNC(=O)c2nc(C3(C)CCCO3)n(Cc3ccccc3C(F)(F)F)c2C)nc1. The van der Waals surface area contributed by atoms with Crippen LogP contribution in [0, 0.1) is 6.92 Å². The summed E-state index contributed by atoms with van der Waals surface area (Å²) in [6, 6.07) is 8.28. The van der Waals surface area contributed by atoms with E-state index >= 15 is 0 Å². The van der Waals surface area contributed by atoms with Crippen molar-refractivity contribution in [1.82, 2.24) is 19.9 Å². The van der Waals surface area contributed by atoms with E-state index in [4.69, 9.17) is 4.74 Å². The number of hydrogen-bond acceptors (Lipinski definition) is 6. The summed E-state index contributed by atoms with van der Waals surface area (Å²) in [5, 5.41) is 2.72. The topological polar surface area (TPSA) is 103 Å². The van der Waals surface area contributed by atoms with Gasteiger partial charge < -0.3 is 14.6 Å². The van der Waals surface area contributed by atoms with Crippen molar-refractivity contribution in [2.75, 3.05) is 12.4 Å². The fourth-order valence-electron chi connectivity index (χ4n) is 4.53. The number of ether oxygens (including phenoxy) is 1. The number of amides is 1. The number of imidazole rings is 1. The smallest absolute Gasteiger partial charge is 0.367 e. The van der Waals surface area contributed by atoms with Crippen LogP contribution in [0.2, 0.25) is 0 Å². The van der Waals surface area contributed by atoms with Gasteiger partial charge in [-0.1, -0.05) is 25.1 Å². The minimum atomic E-state index is -4.53. The first-order valence-electron chi connectivity index (χ1n) is 12.2. The van der Waals surface area contributed by atoms with E-state index < -0.39 is 33.1 Å². The summed E-state index contributed by atoms with van der Waals surface area (Å²) < 4.78 is 72.6. The maximum Gasteiger partial charge on any atom is 0.416 e. The van der Waals surface area contributed by atoms with E-state index in [1.54, 1.807) is 17.6 Å². The molecule has 1 atom stereocenters. The number of halogens is 3. The highest BCUT2D eigenvalue weighted by molar-refractivity contribution is 7.91. The van der Waals surface area contributed by atoms with Crippen molar-refractivity contribution in [3.05, 3.63) is 76.6 Å². The number of alkyl halides is 3. The molecule has 2 aromatic heterocycles. The fourth-order valence-corrected chi connectivity index (χ4v) is 5.35. The number of aromatic nitrogens is 3.